The molecule has 3 nitrogen and oxygen atoms in total. The summed E-state index contributed by atoms with van der Waals surface area (Å²) in [6.07, 6.45) is 0. The zero-order chi connectivity index (χ0) is 46.7. The number of hydrogen-bond acceptors (Lipinski definition) is 3. The average Bonchev–Trinajstić information content (AvgIpc) is 3.90. The molecule has 4 aliphatic rings. The molecule has 0 saturated carbocycles. The van der Waals surface area contributed by atoms with Crippen molar-refractivity contribution in [3.05, 3.63) is 305 Å². The first-order valence-corrected chi connectivity index (χ1v) is 24.5. The molecule has 0 aromatic heterocycles. The van der Waals surface area contributed by atoms with E-state index in [4.69, 9.17) is 9.47 Å². The molecule has 15 rings (SSSR count). The van der Waals surface area contributed by atoms with Gasteiger partial charge in [-0.2, -0.15) is 0 Å². The Morgan fingerprint density at radius 2 is 0.634 bits per heavy atom. The van der Waals surface area contributed by atoms with Crippen molar-refractivity contribution in [3.63, 3.8) is 0 Å². The van der Waals surface area contributed by atoms with Gasteiger partial charge in [-0.05, 0) is 116 Å². The molecule has 11 aromatic carbocycles. The van der Waals surface area contributed by atoms with Crippen LogP contribution in [-0.4, -0.2) is 0 Å². The fourth-order valence-electron chi connectivity index (χ4n) is 12.8. The second-order valence-corrected chi connectivity index (χ2v) is 19.0. The molecule has 2 aliphatic heterocycles. The fourth-order valence-corrected chi connectivity index (χ4v) is 12.8. The minimum atomic E-state index is -0.609. The molecule has 0 radical (unpaired) electrons. The minimum Gasteiger partial charge on any atom is -0.457 e. The van der Waals surface area contributed by atoms with Gasteiger partial charge in [0.25, 0.3) is 0 Å². The molecule has 0 bridgehead atoms. The van der Waals surface area contributed by atoms with Gasteiger partial charge < -0.3 is 14.4 Å². The van der Waals surface area contributed by atoms with E-state index in [1.165, 1.54) is 61.2 Å². The largest absolute Gasteiger partial charge is 0.457 e. The van der Waals surface area contributed by atoms with Gasteiger partial charge in [0.2, 0.25) is 0 Å². The van der Waals surface area contributed by atoms with Crippen LogP contribution in [0.15, 0.2) is 261 Å². The number of fused-ring (bicyclic) bond motifs is 18. The molecule has 11 aromatic rings. The highest BCUT2D eigenvalue weighted by Gasteiger charge is 2.53. The van der Waals surface area contributed by atoms with E-state index in [0.717, 1.165) is 67.9 Å². The summed E-state index contributed by atoms with van der Waals surface area (Å²) in [5.74, 6) is 3.54. The normalized spacial score (nSPS) is 14.1. The van der Waals surface area contributed by atoms with Crippen molar-refractivity contribution < 1.29 is 9.47 Å². The van der Waals surface area contributed by atoms with Gasteiger partial charge in [0.1, 0.15) is 23.0 Å². The Bertz CT molecular complexity index is 3860. The Balaban J connectivity index is 0.969. The number of benzene rings is 11. The van der Waals surface area contributed by atoms with E-state index in [0.29, 0.717) is 0 Å². The third-order valence-electron chi connectivity index (χ3n) is 15.6. The highest BCUT2D eigenvalue weighted by Crippen LogP contribution is 2.66. The lowest BCUT2D eigenvalue weighted by atomic mass is 9.66. The molecule has 0 fully saturated rings. The molecule has 2 spiro atoms. The number of hydrogen-bond donors (Lipinski definition) is 0. The lowest BCUT2D eigenvalue weighted by Gasteiger charge is -2.39. The predicted octanol–water partition coefficient (Wildman–Crippen LogP) is 17.4. The molecule has 71 heavy (non-hydrogen) atoms. The molecule has 0 unspecified atom stereocenters. The summed E-state index contributed by atoms with van der Waals surface area (Å²) in [5.41, 5.74) is 21.3. The van der Waals surface area contributed by atoms with Crippen LogP contribution in [0.25, 0.3) is 44.5 Å². The molecular weight excluding hydrogens is 863 g/mol. The van der Waals surface area contributed by atoms with Gasteiger partial charge >= 0.3 is 0 Å². The zero-order valence-corrected chi connectivity index (χ0v) is 38.6. The predicted molar refractivity (Wildman–Crippen MR) is 287 cm³/mol. The van der Waals surface area contributed by atoms with Gasteiger partial charge in [0.15, 0.2) is 0 Å². The fraction of sp³-hybridized carbons (Fsp3) is 0.0294. The molecule has 2 aliphatic carbocycles. The maximum Gasteiger partial charge on any atom is 0.132 e. The summed E-state index contributed by atoms with van der Waals surface area (Å²) in [4.78, 5) is 2.49. The van der Waals surface area contributed by atoms with Crippen LogP contribution in [0.4, 0.5) is 17.1 Å². The maximum absolute atomic E-state index is 6.73. The first kappa shape index (κ1) is 39.8. The smallest absolute Gasteiger partial charge is 0.132 e. The van der Waals surface area contributed by atoms with Gasteiger partial charge in [-0.3, -0.25) is 0 Å². The second kappa shape index (κ2) is 15.2. The minimum absolute atomic E-state index is 0.568. The van der Waals surface area contributed by atoms with Crippen LogP contribution in [-0.2, 0) is 10.8 Å². The molecule has 0 atom stereocenters. The summed E-state index contributed by atoms with van der Waals surface area (Å²) in [6.45, 7) is 0. The monoisotopic (exact) mass is 905 g/mol. The third-order valence-corrected chi connectivity index (χ3v) is 15.6. The van der Waals surface area contributed by atoms with Crippen molar-refractivity contribution in [2.24, 2.45) is 0 Å². The summed E-state index contributed by atoms with van der Waals surface area (Å²) in [7, 11) is 0. The van der Waals surface area contributed by atoms with Crippen molar-refractivity contribution in [2.75, 3.05) is 4.90 Å². The van der Waals surface area contributed by atoms with E-state index in [9.17, 15) is 0 Å². The van der Waals surface area contributed by atoms with Crippen molar-refractivity contribution in [2.45, 2.75) is 10.8 Å². The molecule has 332 valence electrons. The number of nitrogens with zero attached hydrogens (tertiary/aromatic N) is 1. The van der Waals surface area contributed by atoms with Crippen molar-refractivity contribution in [1.82, 2.24) is 0 Å². The molecular formula is C68H43NO2. The highest BCUT2D eigenvalue weighted by atomic mass is 16.5. The average molecular weight is 906 g/mol. The lowest BCUT2D eigenvalue weighted by Crippen LogP contribution is -2.32. The van der Waals surface area contributed by atoms with Gasteiger partial charge in [-0.1, -0.05) is 206 Å². The Morgan fingerprint density at radius 1 is 0.254 bits per heavy atom. The summed E-state index contributed by atoms with van der Waals surface area (Å²) >= 11 is 0. The van der Waals surface area contributed by atoms with E-state index >= 15 is 0 Å². The van der Waals surface area contributed by atoms with Crippen molar-refractivity contribution in [1.29, 1.82) is 0 Å². The van der Waals surface area contributed by atoms with E-state index in [-0.39, 0.29) is 0 Å². The van der Waals surface area contributed by atoms with Crippen LogP contribution in [0.5, 0.6) is 23.0 Å². The number of anilines is 3. The van der Waals surface area contributed by atoms with Gasteiger partial charge in [-0.15, -0.1) is 0 Å². The van der Waals surface area contributed by atoms with Crippen LogP contribution in [0, 0.1) is 0 Å². The molecule has 3 heteroatoms. The second-order valence-electron chi connectivity index (χ2n) is 19.0. The summed E-state index contributed by atoms with van der Waals surface area (Å²) in [5, 5.41) is 0. The van der Waals surface area contributed by atoms with Gasteiger partial charge in [0, 0.05) is 39.2 Å². The quantitative estimate of drug-likeness (QED) is 0.172. The van der Waals surface area contributed by atoms with Crippen molar-refractivity contribution >= 4 is 17.1 Å². The first-order chi connectivity index (χ1) is 35.2. The summed E-state index contributed by atoms with van der Waals surface area (Å²) in [6, 6.07) is 95.1. The Hall–Kier alpha value is -9.18. The SMILES string of the molecule is c1ccc(-c2ccc(-c3ccc(N(c4ccc5c(c4)-c4ccccc4C54c5ccccc5Oc5ccccc54)c4cccc5c4-c4ccccc4C54c5ccccc5Oc5ccccc54)cc3)cc2)cc1. The molecule has 0 N–H and O–H groups in total. The van der Waals surface area contributed by atoms with Gasteiger partial charge in [0.05, 0.1) is 16.5 Å². The Morgan fingerprint density at radius 3 is 1.18 bits per heavy atom. The van der Waals surface area contributed by atoms with E-state index in [1.807, 2.05) is 0 Å². The number of ether oxygens (including phenoxy) is 2. The van der Waals surface area contributed by atoms with Crippen LogP contribution in [0.1, 0.15) is 44.5 Å². The van der Waals surface area contributed by atoms with Crippen LogP contribution in [0.3, 0.4) is 0 Å². The van der Waals surface area contributed by atoms with Gasteiger partial charge in [-0.25, -0.2) is 0 Å². The first-order valence-electron chi connectivity index (χ1n) is 24.5. The number of para-hydroxylation sites is 4. The van der Waals surface area contributed by atoms with E-state index in [1.54, 1.807) is 0 Å². The van der Waals surface area contributed by atoms with E-state index < -0.39 is 10.8 Å². The van der Waals surface area contributed by atoms with Crippen molar-refractivity contribution in [3.8, 4) is 67.5 Å². The summed E-state index contributed by atoms with van der Waals surface area (Å²) < 4.78 is 13.4. The third kappa shape index (κ3) is 5.49. The molecule has 0 saturated heterocycles. The standard InChI is InChI=1S/C68H43NO2/c1-2-17-44(18-3-1)45-33-35-46(36-34-45)47-37-39-48(40-38-47)69(49-41-42-55-52(43-49)50-19-4-6-21-53(50)67(55)56-23-8-12-29-62(56)70-63-30-13-9-24-57(63)67)61-28-16-27-60-66(61)51-20-5-7-22-54(51)68(60)58-25-10-14-31-64(58)71-65-32-15-11-26-59(65)68/h1-43H. The van der Waals surface area contributed by atoms with E-state index in [2.05, 4.69) is 266 Å². The maximum atomic E-state index is 6.73. The highest BCUT2D eigenvalue weighted by molar-refractivity contribution is 6.00. The zero-order valence-electron chi connectivity index (χ0n) is 38.6. The number of rotatable bonds is 5. The van der Waals surface area contributed by atoms with Crippen LogP contribution in [0.2, 0.25) is 0 Å². The van der Waals surface area contributed by atoms with Crippen LogP contribution >= 0.6 is 0 Å². The molecule has 0 amide bonds. The van der Waals surface area contributed by atoms with Crippen LogP contribution < -0.4 is 14.4 Å². The Labute approximate surface area is 413 Å². The lowest BCUT2D eigenvalue weighted by molar-refractivity contribution is 0.436. The Kier molecular flexibility index (Phi) is 8.49. The topological polar surface area (TPSA) is 21.7 Å². The molecule has 2 heterocycles.